The van der Waals surface area contributed by atoms with E-state index in [2.05, 4.69) is 31.0 Å². The van der Waals surface area contributed by atoms with Gasteiger partial charge in [-0.15, -0.1) is 12.4 Å². The lowest BCUT2D eigenvalue weighted by Crippen LogP contribution is -2.36. The third-order valence-electron chi connectivity index (χ3n) is 4.44. The van der Waals surface area contributed by atoms with E-state index in [9.17, 15) is 4.79 Å². The predicted molar refractivity (Wildman–Crippen MR) is 112 cm³/mol. The molecular formula is C21H37ClN2O2. The van der Waals surface area contributed by atoms with E-state index in [4.69, 9.17) is 4.74 Å². The molecule has 0 radical (unpaired) electrons. The van der Waals surface area contributed by atoms with Crippen molar-refractivity contribution in [2.45, 2.75) is 65.8 Å². The lowest BCUT2D eigenvalue weighted by molar-refractivity contribution is -0.122. The van der Waals surface area contributed by atoms with Crippen LogP contribution in [0, 0.1) is 0 Å². The maximum atomic E-state index is 11.9. The molecule has 0 unspecified atom stereocenters. The van der Waals surface area contributed by atoms with E-state index >= 15 is 0 Å². The van der Waals surface area contributed by atoms with Crippen molar-refractivity contribution in [2.24, 2.45) is 0 Å². The van der Waals surface area contributed by atoms with E-state index in [0.717, 1.165) is 37.4 Å². The summed E-state index contributed by atoms with van der Waals surface area (Å²) in [5.74, 6) is 0.985. The summed E-state index contributed by atoms with van der Waals surface area (Å²) >= 11 is 0. The standard InChI is InChI=1S/C21H36N2O2.ClH/c1-4-7-8-9-10-11-16-25-20-14-12-19(13-15-20)17-22-21(24)18-23(5-2)6-3;/h12-15H,4-11,16-18H2,1-3H3,(H,22,24);1H. The smallest absolute Gasteiger partial charge is 0.234 e. The van der Waals surface area contributed by atoms with E-state index in [1.165, 1.54) is 32.1 Å². The van der Waals surface area contributed by atoms with E-state index in [0.29, 0.717) is 13.1 Å². The number of hydrogen-bond acceptors (Lipinski definition) is 3. The molecule has 0 heterocycles. The average molecular weight is 385 g/mol. The maximum Gasteiger partial charge on any atom is 0.234 e. The van der Waals surface area contributed by atoms with Gasteiger partial charge >= 0.3 is 0 Å². The Morgan fingerprint density at radius 2 is 1.58 bits per heavy atom. The third-order valence-corrected chi connectivity index (χ3v) is 4.44. The Kier molecular flexibility index (Phi) is 15.2. The molecule has 0 aliphatic heterocycles. The number of ether oxygens (including phenoxy) is 1. The third kappa shape index (κ3) is 11.4. The molecule has 0 aliphatic rings. The minimum absolute atomic E-state index is 0. The predicted octanol–water partition coefficient (Wildman–Crippen LogP) is 4.81. The molecule has 0 aliphatic carbocycles. The van der Waals surface area contributed by atoms with Gasteiger partial charge in [-0.1, -0.05) is 65.0 Å². The van der Waals surface area contributed by atoms with Crippen LogP contribution in [-0.4, -0.2) is 37.0 Å². The number of halogens is 1. The first-order chi connectivity index (χ1) is 12.2. The number of likely N-dealkylation sites (N-methyl/N-ethyl adjacent to an activating group) is 1. The number of nitrogens with one attached hydrogen (secondary N) is 1. The fourth-order valence-electron chi connectivity index (χ4n) is 2.68. The zero-order valence-corrected chi connectivity index (χ0v) is 17.6. The molecule has 26 heavy (non-hydrogen) atoms. The summed E-state index contributed by atoms with van der Waals surface area (Å²) in [6.45, 7) is 9.99. The van der Waals surface area contributed by atoms with Crippen LogP contribution in [0.1, 0.15) is 64.9 Å². The number of hydrogen-bond donors (Lipinski definition) is 1. The van der Waals surface area contributed by atoms with Gasteiger partial charge in [0.1, 0.15) is 5.75 Å². The highest BCUT2D eigenvalue weighted by Crippen LogP contribution is 2.13. The quantitative estimate of drug-likeness (QED) is 0.468. The highest BCUT2D eigenvalue weighted by atomic mass is 35.5. The number of rotatable bonds is 14. The fourth-order valence-corrected chi connectivity index (χ4v) is 2.68. The molecule has 0 fully saturated rings. The summed E-state index contributed by atoms with van der Waals surface area (Å²) in [6, 6.07) is 8.02. The minimum Gasteiger partial charge on any atom is -0.494 e. The minimum atomic E-state index is 0. The van der Waals surface area contributed by atoms with E-state index in [1.807, 2.05) is 24.3 Å². The van der Waals surface area contributed by atoms with Crippen LogP contribution in [0.15, 0.2) is 24.3 Å². The van der Waals surface area contributed by atoms with Crippen LogP contribution in [0.5, 0.6) is 5.75 Å². The number of carbonyl (C=O) groups is 1. The van der Waals surface area contributed by atoms with Gasteiger partial charge in [-0.3, -0.25) is 9.69 Å². The summed E-state index contributed by atoms with van der Waals surface area (Å²) in [7, 11) is 0. The van der Waals surface area contributed by atoms with Crippen molar-refractivity contribution in [3.63, 3.8) is 0 Å². The fraction of sp³-hybridized carbons (Fsp3) is 0.667. The molecule has 5 heteroatoms. The first kappa shape index (κ1) is 24.7. The van der Waals surface area contributed by atoms with Crippen LogP contribution < -0.4 is 10.1 Å². The lowest BCUT2D eigenvalue weighted by Gasteiger charge is -2.17. The van der Waals surface area contributed by atoms with Crippen molar-refractivity contribution < 1.29 is 9.53 Å². The molecule has 1 rings (SSSR count). The molecule has 0 atom stereocenters. The Balaban J connectivity index is 0.00000625. The summed E-state index contributed by atoms with van der Waals surface area (Å²) in [5, 5.41) is 2.97. The van der Waals surface area contributed by atoms with Gasteiger partial charge in [-0.2, -0.15) is 0 Å². The molecule has 0 aromatic heterocycles. The molecule has 1 aromatic carbocycles. The van der Waals surface area contributed by atoms with Crippen LogP contribution in [0.3, 0.4) is 0 Å². The zero-order chi connectivity index (χ0) is 18.3. The van der Waals surface area contributed by atoms with E-state index in [1.54, 1.807) is 0 Å². The number of nitrogens with zero attached hydrogens (tertiary/aromatic N) is 1. The summed E-state index contributed by atoms with van der Waals surface area (Å²) in [5.41, 5.74) is 1.10. The molecule has 1 amide bonds. The van der Waals surface area contributed by atoms with Crippen molar-refractivity contribution in [3.8, 4) is 5.75 Å². The Bertz CT molecular complexity index is 462. The number of carbonyl (C=O) groups excluding carboxylic acids is 1. The Morgan fingerprint density at radius 1 is 0.962 bits per heavy atom. The average Bonchev–Trinajstić information content (AvgIpc) is 2.64. The van der Waals surface area contributed by atoms with Crippen molar-refractivity contribution in [1.29, 1.82) is 0 Å². The lowest BCUT2D eigenvalue weighted by atomic mass is 10.1. The van der Waals surface area contributed by atoms with Crippen LogP contribution in [0.2, 0.25) is 0 Å². The van der Waals surface area contributed by atoms with Crippen molar-refractivity contribution in [2.75, 3.05) is 26.2 Å². The number of unbranched alkanes of at least 4 members (excludes halogenated alkanes) is 5. The van der Waals surface area contributed by atoms with Gasteiger partial charge in [0.15, 0.2) is 0 Å². The largest absolute Gasteiger partial charge is 0.494 e. The molecule has 1 aromatic rings. The molecule has 0 saturated carbocycles. The van der Waals surface area contributed by atoms with E-state index in [-0.39, 0.29) is 18.3 Å². The molecule has 0 bridgehead atoms. The first-order valence-electron chi connectivity index (χ1n) is 9.90. The second kappa shape index (κ2) is 16.0. The number of benzene rings is 1. The van der Waals surface area contributed by atoms with Crippen LogP contribution in [0.25, 0.3) is 0 Å². The second-order valence-corrected chi connectivity index (χ2v) is 6.50. The van der Waals surface area contributed by atoms with Gasteiger partial charge < -0.3 is 10.1 Å². The van der Waals surface area contributed by atoms with Crippen LogP contribution in [-0.2, 0) is 11.3 Å². The Labute approximate surface area is 166 Å². The molecule has 0 spiro atoms. The molecule has 150 valence electrons. The normalized spacial score (nSPS) is 10.5. The van der Waals surface area contributed by atoms with Gasteiger partial charge in [0, 0.05) is 6.54 Å². The Morgan fingerprint density at radius 3 is 2.19 bits per heavy atom. The van der Waals surface area contributed by atoms with Crippen molar-refractivity contribution in [1.82, 2.24) is 10.2 Å². The second-order valence-electron chi connectivity index (χ2n) is 6.50. The topological polar surface area (TPSA) is 41.6 Å². The number of amides is 1. The SMILES string of the molecule is CCCCCCCCOc1ccc(CNC(=O)CN(CC)CC)cc1.Cl. The highest BCUT2D eigenvalue weighted by molar-refractivity contribution is 5.85. The van der Waals surface area contributed by atoms with Crippen LogP contribution in [0.4, 0.5) is 0 Å². The first-order valence-corrected chi connectivity index (χ1v) is 9.90. The van der Waals surface area contributed by atoms with Gasteiger partial charge in [0.05, 0.1) is 13.2 Å². The summed E-state index contributed by atoms with van der Waals surface area (Å²) in [4.78, 5) is 14.0. The van der Waals surface area contributed by atoms with Gasteiger partial charge in [-0.05, 0) is 37.2 Å². The highest BCUT2D eigenvalue weighted by Gasteiger charge is 2.06. The zero-order valence-electron chi connectivity index (χ0n) is 16.8. The van der Waals surface area contributed by atoms with Crippen LogP contribution >= 0.6 is 12.4 Å². The van der Waals surface area contributed by atoms with E-state index < -0.39 is 0 Å². The van der Waals surface area contributed by atoms with Gasteiger partial charge in [0.2, 0.25) is 5.91 Å². The Hall–Kier alpha value is -1.26. The van der Waals surface area contributed by atoms with Gasteiger partial charge in [-0.25, -0.2) is 0 Å². The molecule has 0 saturated heterocycles. The van der Waals surface area contributed by atoms with Crippen molar-refractivity contribution in [3.05, 3.63) is 29.8 Å². The van der Waals surface area contributed by atoms with Crippen molar-refractivity contribution >= 4 is 18.3 Å². The summed E-state index contributed by atoms with van der Waals surface area (Å²) < 4.78 is 5.78. The monoisotopic (exact) mass is 384 g/mol. The maximum absolute atomic E-state index is 11.9. The van der Waals surface area contributed by atoms with Gasteiger partial charge in [0.25, 0.3) is 0 Å². The summed E-state index contributed by atoms with van der Waals surface area (Å²) in [6.07, 6.45) is 7.64. The molecule has 1 N–H and O–H groups in total. The molecular weight excluding hydrogens is 348 g/mol. The molecule has 4 nitrogen and oxygen atoms in total.